The quantitative estimate of drug-likeness (QED) is 0.415. The van der Waals surface area contributed by atoms with Gasteiger partial charge in [0.05, 0.1) is 25.1 Å². The van der Waals surface area contributed by atoms with Gasteiger partial charge in [-0.2, -0.15) is 0 Å². The van der Waals surface area contributed by atoms with Gasteiger partial charge in [-0.05, 0) is 25.0 Å². The van der Waals surface area contributed by atoms with Crippen LogP contribution >= 0.6 is 11.3 Å². The van der Waals surface area contributed by atoms with Crippen molar-refractivity contribution in [2.45, 2.75) is 26.4 Å². The van der Waals surface area contributed by atoms with Gasteiger partial charge in [-0.3, -0.25) is 9.69 Å². The minimum Gasteiger partial charge on any atom is -0.379 e. The molecule has 1 aliphatic rings. The molecule has 0 bridgehead atoms. The molecule has 176 valence electrons. The summed E-state index contributed by atoms with van der Waals surface area (Å²) in [6, 6.07) is 18.9. The topological polar surface area (TPSA) is 70.2 Å². The van der Waals surface area contributed by atoms with Crippen LogP contribution in [-0.4, -0.2) is 47.7 Å². The molecule has 34 heavy (non-hydrogen) atoms. The molecule has 1 saturated heterocycles. The van der Waals surface area contributed by atoms with Gasteiger partial charge < -0.3 is 15.0 Å². The number of morpholine rings is 1. The molecule has 1 aliphatic heterocycles. The van der Waals surface area contributed by atoms with Crippen molar-refractivity contribution in [3.8, 4) is 11.1 Å². The third-order valence-electron chi connectivity index (χ3n) is 6.39. The third-order valence-corrected chi connectivity index (χ3v) is 7.39. The maximum absolute atomic E-state index is 13.2. The van der Waals surface area contributed by atoms with Crippen molar-refractivity contribution in [3.05, 3.63) is 86.8 Å². The van der Waals surface area contributed by atoms with E-state index in [1.165, 1.54) is 11.1 Å². The fourth-order valence-electron chi connectivity index (χ4n) is 4.55. The number of aryl methyl sites for hydroxylation is 2. The van der Waals surface area contributed by atoms with E-state index >= 15 is 0 Å². The monoisotopic (exact) mass is 474 g/mol. The predicted molar refractivity (Wildman–Crippen MR) is 138 cm³/mol. The summed E-state index contributed by atoms with van der Waals surface area (Å²) in [6.07, 6.45) is 0. The Balaban J connectivity index is 1.40. The lowest BCUT2D eigenvalue weighted by Gasteiger charge is -2.31. The molecule has 0 spiro atoms. The number of fused-ring (bicyclic) bond motifs is 1. The highest BCUT2D eigenvalue weighted by atomic mass is 32.1. The number of ether oxygens (including phenoxy) is 1. The molecule has 2 aromatic carbocycles. The van der Waals surface area contributed by atoms with Gasteiger partial charge in [-0.1, -0.05) is 60.2 Å². The largest absolute Gasteiger partial charge is 0.379 e. The summed E-state index contributed by atoms with van der Waals surface area (Å²) in [7, 11) is 0. The van der Waals surface area contributed by atoms with Gasteiger partial charge >= 0.3 is 0 Å². The first-order valence-corrected chi connectivity index (χ1v) is 12.6. The molecule has 6 nitrogen and oxygen atoms in total. The normalized spacial score (nSPS) is 15.6. The minimum absolute atomic E-state index is 0.0776. The van der Waals surface area contributed by atoms with E-state index < -0.39 is 0 Å². The van der Waals surface area contributed by atoms with Crippen LogP contribution in [-0.2, 0) is 11.3 Å². The van der Waals surface area contributed by atoms with E-state index in [1.807, 2.05) is 6.07 Å². The minimum atomic E-state index is -0.0776. The Morgan fingerprint density at radius 1 is 1.09 bits per heavy atom. The van der Waals surface area contributed by atoms with Crippen LogP contribution in [0.25, 0.3) is 21.3 Å². The summed E-state index contributed by atoms with van der Waals surface area (Å²) in [5.74, 6) is 0.664. The first-order valence-electron chi connectivity index (χ1n) is 11.8. The van der Waals surface area contributed by atoms with Gasteiger partial charge in [0.2, 0.25) is 0 Å². The van der Waals surface area contributed by atoms with Gasteiger partial charge in [-0.15, -0.1) is 11.3 Å². The van der Waals surface area contributed by atoms with Crippen LogP contribution in [0.5, 0.6) is 0 Å². The van der Waals surface area contributed by atoms with Gasteiger partial charge in [-0.25, -0.2) is 4.98 Å². The van der Waals surface area contributed by atoms with Crippen molar-refractivity contribution < 1.29 is 4.74 Å². The fraction of sp³-hybridized carbons (Fsp3) is 0.333. The van der Waals surface area contributed by atoms with Crippen LogP contribution < -0.4 is 10.9 Å². The number of H-pyrrole nitrogens is 1. The smallest absolute Gasteiger partial charge is 0.260 e. The highest BCUT2D eigenvalue weighted by Gasteiger charge is 2.20. The van der Waals surface area contributed by atoms with Crippen LogP contribution in [0.4, 0.5) is 0 Å². The van der Waals surface area contributed by atoms with Crippen molar-refractivity contribution in [2.24, 2.45) is 0 Å². The molecule has 0 radical (unpaired) electrons. The highest BCUT2D eigenvalue weighted by molar-refractivity contribution is 7.19. The van der Waals surface area contributed by atoms with Crippen LogP contribution in [0.3, 0.4) is 0 Å². The maximum atomic E-state index is 13.2. The molecule has 5 rings (SSSR count). The first-order chi connectivity index (χ1) is 16.6. The number of nitrogens with zero attached hydrogens (tertiary/aromatic N) is 2. The Morgan fingerprint density at radius 2 is 1.82 bits per heavy atom. The number of benzene rings is 2. The summed E-state index contributed by atoms with van der Waals surface area (Å²) in [4.78, 5) is 25.4. The summed E-state index contributed by atoms with van der Waals surface area (Å²) >= 11 is 1.58. The number of aromatic amines is 1. The van der Waals surface area contributed by atoms with Gasteiger partial charge in [0.25, 0.3) is 5.56 Å². The van der Waals surface area contributed by atoms with Gasteiger partial charge in [0.1, 0.15) is 10.7 Å². The Kier molecular flexibility index (Phi) is 6.87. The van der Waals surface area contributed by atoms with Crippen LogP contribution in [0.2, 0.25) is 0 Å². The zero-order chi connectivity index (χ0) is 23.5. The lowest BCUT2D eigenvalue weighted by atomic mass is 10.0. The number of rotatable bonds is 7. The van der Waals surface area contributed by atoms with Crippen molar-refractivity contribution >= 4 is 21.6 Å². The van der Waals surface area contributed by atoms with Crippen molar-refractivity contribution in [1.82, 2.24) is 20.2 Å². The number of hydrogen-bond acceptors (Lipinski definition) is 6. The van der Waals surface area contributed by atoms with E-state index in [9.17, 15) is 4.79 Å². The molecular formula is C27H30N4O2S. The molecule has 2 N–H and O–H groups in total. The van der Waals surface area contributed by atoms with Crippen LogP contribution in [0.1, 0.15) is 27.9 Å². The molecule has 4 aromatic rings. The van der Waals surface area contributed by atoms with E-state index in [4.69, 9.17) is 9.72 Å². The Hall–Kier alpha value is -2.84. The summed E-state index contributed by atoms with van der Waals surface area (Å²) in [5.41, 5.74) is 4.40. The lowest BCUT2D eigenvalue weighted by Crippen LogP contribution is -2.42. The highest BCUT2D eigenvalue weighted by Crippen LogP contribution is 2.35. The van der Waals surface area contributed by atoms with Crippen molar-refractivity contribution in [2.75, 3.05) is 32.8 Å². The summed E-state index contributed by atoms with van der Waals surface area (Å²) < 4.78 is 5.51. The summed E-state index contributed by atoms with van der Waals surface area (Å²) in [5, 5.41) is 4.32. The Bertz CT molecular complexity index is 1310. The number of thiophene rings is 1. The molecule has 0 saturated carbocycles. The zero-order valence-corrected chi connectivity index (χ0v) is 20.5. The van der Waals surface area contributed by atoms with E-state index in [1.54, 1.807) is 11.3 Å². The predicted octanol–water partition coefficient (Wildman–Crippen LogP) is 4.43. The van der Waals surface area contributed by atoms with Gasteiger partial charge in [0.15, 0.2) is 0 Å². The van der Waals surface area contributed by atoms with E-state index in [-0.39, 0.29) is 11.6 Å². The van der Waals surface area contributed by atoms with Crippen molar-refractivity contribution in [3.63, 3.8) is 0 Å². The zero-order valence-electron chi connectivity index (χ0n) is 19.6. The molecule has 2 aromatic heterocycles. The first kappa shape index (κ1) is 22.9. The number of nitrogens with one attached hydrogen (secondary N) is 2. The average Bonchev–Trinajstić information content (AvgIpc) is 3.19. The molecule has 0 amide bonds. The maximum Gasteiger partial charge on any atom is 0.260 e. The Morgan fingerprint density at radius 3 is 2.56 bits per heavy atom. The number of hydrogen-bond donors (Lipinski definition) is 2. The summed E-state index contributed by atoms with van der Waals surface area (Å²) in [6.45, 7) is 8.92. The van der Waals surface area contributed by atoms with Crippen molar-refractivity contribution in [1.29, 1.82) is 0 Å². The molecule has 7 heteroatoms. The molecule has 0 aliphatic carbocycles. The fourth-order valence-corrected chi connectivity index (χ4v) is 5.61. The standard InChI is InChI=1S/C27H30N4O2S/c1-18-8-10-21(11-9-18)24-19(2)34-27-25(24)26(32)29-23(30-27)16-28-22(20-6-4-3-5-7-20)17-31-12-14-33-15-13-31/h3-11,22,28H,12-17H2,1-2H3,(H,29,30,32)/t22-/m1/s1. The second kappa shape index (κ2) is 10.2. The van der Waals surface area contributed by atoms with E-state index in [0.29, 0.717) is 17.8 Å². The second-order valence-corrected chi connectivity index (χ2v) is 10.1. The van der Waals surface area contributed by atoms with Crippen LogP contribution in [0.15, 0.2) is 59.4 Å². The lowest BCUT2D eigenvalue weighted by molar-refractivity contribution is 0.0333. The second-order valence-electron chi connectivity index (χ2n) is 8.85. The molecule has 1 fully saturated rings. The van der Waals surface area contributed by atoms with Gasteiger partial charge in [0, 0.05) is 36.1 Å². The molecule has 0 unspecified atom stereocenters. The average molecular weight is 475 g/mol. The molecule has 1 atom stereocenters. The molecule has 3 heterocycles. The third kappa shape index (κ3) is 4.98. The molecular weight excluding hydrogens is 444 g/mol. The number of aromatic nitrogens is 2. The van der Waals surface area contributed by atoms with Crippen LogP contribution in [0, 0.1) is 13.8 Å². The van der Waals surface area contributed by atoms with E-state index in [2.05, 4.69) is 77.6 Å². The van der Waals surface area contributed by atoms with E-state index in [0.717, 1.165) is 53.7 Å². The Labute approximate surface area is 203 Å². The SMILES string of the molecule is Cc1ccc(-c2c(C)sc3nc(CN[C@H](CN4CCOCC4)c4ccccc4)[nH]c(=O)c23)cc1.